The first-order valence-electron chi connectivity index (χ1n) is 11.8. The molecule has 0 N–H and O–H groups in total. The van der Waals surface area contributed by atoms with Gasteiger partial charge in [-0.2, -0.15) is 0 Å². The average molecular weight is 511 g/mol. The number of carbonyl (C=O) groups excluding carboxylic acids is 3. The third-order valence-corrected chi connectivity index (χ3v) is 4.80. The SMILES string of the molecule is C=C(C)C(=O)OCCOc1cc(OCCOC(=O)C(C)(C)C)ccc1-c1ccc(OC(=O)C(=C)C)cc1. The molecule has 0 aliphatic heterocycles. The molecule has 0 aliphatic carbocycles. The van der Waals surface area contributed by atoms with Gasteiger partial charge in [-0.25, -0.2) is 9.59 Å². The molecule has 0 aromatic heterocycles. The Morgan fingerprint density at radius 2 is 1.30 bits per heavy atom. The van der Waals surface area contributed by atoms with Gasteiger partial charge in [0.25, 0.3) is 0 Å². The Kier molecular flexibility index (Phi) is 10.5. The first kappa shape index (κ1) is 29.2. The second-order valence-electron chi connectivity index (χ2n) is 9.35. The second-order valence-corrected chi connectivity index (χ2v) is 9.35. The molecule has 37 heavy (non-hydrogen) atoms. The summed E-state index contributed by atoms with van der Waals surface area (Å²) >= 11 is 0. The van der Waals surface area contributed by atoms with Crippen molar-refractivity contribution in [2.75, 3.05) is 26.4 Å². The Labute approximate surface area is 217 Å². The molecule has 0 fully saturated rings. The number of esters is 3. The van der Waals surface area contributed by atoms with Crippen LogP contribution < -0.4 is 14.2 Å². The molecule has 2 rings (SSSR count). The van der Waals surface area contributed by atoms with E-state index in [9.17, 15) is 14.4 Å². The summed E-state index contributed by atoms with van der Waals surface area (Å²) in [4.78, 5) is 35.3. The van der Waals surface area contributed by atoms with E-state index < -0.39 is 17.4 Å². The highest BCUT2D eigenvalue weighted by Crippen LogP contribution is 2.34. The van der Waals surface area contributed by atoms with Gasteiger partial charge in [-0.3, -0.25) is 4.79 Å². The molecule has 8 heteroatoms. The van der Waals surface area contributed by atoms with Crippen LogP contribution in [0.3, 0.4) is 0 Å². The first-order valence-corrected chi connectivity index (χ1v) is 11.8. The van der Waals surface area contributed by atoms with Crippen LogP contribution in [0.2, 0.25) is 0 Å². The van der Waals surface area contributed by atoms with Crippen molar-refractivity contribution in [2.45, 2.75) is 34.6 Å². The van der Waals surface area contributed by atoms with E-state index in [-0.39, 0.29) is 32.4 Å². The fourth-order valence-corrected chi connectivity index (χ4v) is 2.77. The van der Waals surface area contributed by atoms with Gasteiger partial charge in [0, 0.05) is 22.8 Å². The van der Waals surface area contributed by atoms with Crippen molar-refractivity contribution in [2.24, 2.45) is 5.41 Å². The Balaban J connectivity index is 2.14. The Morgan fingerprint density at radius 1 is 0.730 bits per heavy atom. The molecule has 0 heterocycles. The Hall–Kier alpha value is -4.07. The predicted molar refractivity (Wildman–Crippen MR) is 140 cm³/mol. The fraction of sp³-hybridized carbons (Fsp3) is 0.345. The van der Waals surface area contributed by atoms with Crippen LogP contribution in [0.4, 0.5) is 0 Å². The summed E-state index contributed by atoms with van der Waals surface area (Å²) in [5.74, 6) is 0.0768. The molecule has 0 saturated heterocycles. The third kappa shape index (κ3) is 9.48. The zero-order valence-corrected chi connectivity index (χ0v) is 22.1. The maximum absolute atomic E-state index is 11.9. The van der Waals surface area contributed by atoms with Crippen molar-refractivity contribution in [3.63, 3.8) is 0 Å². The number of benzene rings is 2. The van der Waals surface area contributed by atoms with Gasteiger partial charge >= 0.3 is 17.9 Å². The predicted octanol–water partition coefficient (Wildman–Crippen LogP) is 5.30. The van der Waals surface area contributed by atoms with Crippen molar-refractivity contribution in [1.82, 2.24) is 0 Å². The average Bonchev–Trinajstić information content (AvgIpc) is 2.84. The summed E-state index contributed by atoms with van der Waals surface area (Å²) in [6, 6.07) is 12.2. The van der Waals surface area contributed by atoms with E-state index in [2.05, 4.69) is 13.2 Å². The number of carbonyl (C=O) groups is 3. The quantitative estimate of drug-likeness (QED) is 0.164. The van der Waals surface area contributed by atoms with E-state index in [1.807, 2.05) is 6.07 Å². The van der Waals surface area contributed by atoms with E-state index in [1.54, 1.807) is 71.0 Å². The summed E-state index contributed by atoms with van der Waals surface area (Å²) in [5.41, 5.74) is 1.56. The van der Waals surface area contributed by atoms with Gasteiger partial charge in [-0.1, -0.05) is 25.3 Å². The van der Waals surface area contributed by atoms with E-state index >= 15 is 0 Å². The molecule has 198 valence electrons. The lowest BCUT2D eigenvalue weighted by atomic mass is 9.97. The Bertz CT molecular complexity index is 1140. The van der Waals surface area contributed by atoms with Gasteiger partial charge in [0.05, 0.1) is 5.41 Å². The number of ether oxygens (including phenoxy) is 5. The summed E-state index contributed by atoms with van der Waals surface area (Å²) in [5, 5.41) is 0. The molecule has 2 aromatic carbocycles. The van der Waals surface area contributed by atoms with Gasteiger partial charge in [-0.15, -0.1) is 0 Å². The molecule has 0 bridgehead atoms. The monoisotopic (exact) mass is 510 g/mol. The van der Waals surface area contributed by atoms with Gasteiger partial charge < -0.3 is 23.7 Å². The van der Waals surface area contributed by atoms with Crippen LogP contribution in [0.25, 0.3) is 11.1 Å². The lowest BCUT2D eigenvalue weighted by molar-refractivity contribution is -0.153. The van der Waals surface area contributed by atoms with Gasteiger partial charge in [0.1, 0.15) is 43.7 Å². The lowest BCUT2D eigenvalue weighted by Gasteiger charge is -2.17. The van der Waals surface area contributed by atoms with Crippen molar-refractivity contribution in [3.8, 4) is 28.4 Å². The molecule has 0 atom stereocenters. The van der Waals surface area contributed by atoms with E-state index in [1.165, 1.54) is 0 Å². The zero-order valence-electron chi connectivity index (χ0n) is 22.1. The van der Waals surface area contributed by atoms with E-state index in [4.69, 9.17) is 23.7 Å². The molecule has 0 saturated carbocycles. The van der Waals surface area contributed by atoms with E-state index in [0.29, 0.717) is 28.4 Å². The first-order chi connectivity index (χ1) is 17.4. The summed E-state index contributed by atoms with van der Waals surface area (Å²) in [6.45, 7) is 16.0. The van der Waals surface area contributed by atoms with Crippen LogP contribution in [0.1, 0.15) is 34.6 Å². The fourth-order valence-electron chi connectivity index (χ4n) is 2.77. The van der Waals surface area contributed by atoms with Crippen LogP contribution in [-0.4, -0.2) is 44.3 Å². The minimum Gasteiger partial charge on any atom is -0.490 e. The van der Waals surface area contributed by atoms with Crippen LogP contribution >= 0.6 is 0 Å². The molecule has 0 radical (unpaired) electrons. The van der Waals surface area contributed by atoms with E-state index in [0.717, 1.165) is 11.1 Å². The molecule has 0 amide bonds. The van der Waals surface area contributed by atoms with Gasteiger partial charge in [-0.05, 0) is 64.4 Å². The maximum Gasteiger partial charge on any atom is 0.338 e. The van der Waals surface area contributed by atoms with Gasteiger partial charge in [0.15, 0.2) is 0 Å². The minimum atomic E-state index is -0.589. The normalized spacial score (nSPS) is 10.7. The maximum atomic E-state index is 11.9. The van der Waals surface area contributed by atoms with Crippen molar-refractivity contribution in [3.05, 3.63) is 66.8 Å². The third-order valence-electron chi connectivity index (χ3n) is 4.80. The second kappa shape index (κ2) is 13.3. The topological polar surface area (TPSA) is 97.4 Å². The molecular weight excluding hydrogens is 476 g/mol. The standard InChI is InChI=1S/C29H34O8/c1-19(2)26(30)35-16-15-34-25-18-23(33-14-17-36-28(32)29(5,6)7)12-13-24(25)21-8-10-22(11-9-21)37-27(31)20(3)4/h8-13,18H,1,3,14-17H2,2,4-7H3. The molecular formula is C29H34O8. The van der Waals surface area contributed by atoms with Gasteiger partial charge in [0.2, 0.25) is 0 Å². The van der Waals surface area contributed by atoms with Crippen molar-refractivity contribution < 1.29 is 38.1 Å². The number of rotatable bonds is 12. The minimum absolute atomic E-state index is 0.0365. The number of hydrogen-bond donors (Lipinski definition) is 0. The molecule has 0 spiro atoms. The molecule has 0 aliphatic rings. The van der Waals surface area contributed by atoms with Crippen LogP contribution in [0.5, 0.6) is 17.2 Å². The highest BCUT2D eigenvalue weighted by molar-refractivity contribution is 5.89. The summed E-state index contributed by atoms with van der Waals surface area (Å²) < 4.78 is 27.2. The van der Waals surface area contributed by atoms with Crippen LogP contribution in [0, 0.1) is 5.41 Å². The zero-order chi connectivity index (χ0) is 27.6. The molecule has 2 aromatic rings. The summed E-state index contributed by atoms with van der Waals surface area (Å²) in [7, 11) is 0. The largest absolute Gasteiger partial charge is 0.490 e. The van der Waals surface area contributed by atoms with Crippen molar-refractivity contribution in [1.29, 1.82) is 0 Å². The highest BCUT2D eigenvalue weighted by atomic mass is 16.6. The van der Waals surface area contributed by atoms with Crippen molar-refractivity contribution >= 4 is 17.9 Å². The molecule has 8 nitrogen and oxygen atoms in total. The van der Waals surface area contributed by atoms with Crippen LogP contribution in [0.15, 0.2) is 66.8 Å². The smallest absolute Gasteiger partial charge is 0.338 e. The van der Waals surface area contributed by atoms with Crippen LogP contribution in [-0.2, 0) is 23.9 Å². The highest BCUT2D eigenvalue weighted by Gasteiger charge is 2.22. The molecule has 0 unspecified atom stereocenters. The summed E-state index contributed by atoms with van der Waals surface area (Å²) in [6.07, 6.45) is 0. The number of hydrogen-bond acceptors (Lipinski definition) is 8. The Morgan fingerprint density at radius 3 is 1.89 bits per heavy atom. The lowest BCUT2D eigenvalue weighted by Crippen LogP contribution is -2.24.